The van der Waals surface area contributed by atoms with Gasteiger partial charge in [0.15, 0.2) is 11.6 Å². The van der Waals surface area contributed by atoms with Gasteiger partial charge in [-0.25, -0.2) is 9.87 Å². The van der Waals surface area contributed by atoms with Crippen LogP contribution in [0.2, 0.25) is 5.02 Å². The van der Waals surface area contributed by atoms with Crippen LogP contribution in [0.25, 0.3) is 0 Å². The van der Waals surface area contributed by atoms with Crippen molar-refractivity contribution in [2.75, 3.05) is 7.11 Å². The monoisotopic (exact) mass is 205 g/mol. The van der Waals surface area contributed by atoms with Crippen molar-refractivity contribution < 1.29 is 14.3 Å². The van der Waals surface area contributed by atoms with Gasteiger partial charge in [-0.15, -0.1) is 0 Å². The molecule has 0 saturated carbocycles. The highest BCUT2D eigenvalue weighted by Crippen LogP contribution is 2.28. The number of ether oxygens (including phenoxy) is 1. The summed E-state index contributed by atoms with van der Waals surface area (Å²) in [4.78, 5) is 0. The summed E-state index contributed by atoms with van der Waals surface area (Å²) in [6.45, 7) is 0.0414. The number of methoxy groups -OCH3 is 1. The van der Waals surface area contributed by atoms with Crippen LogP contribution in [0.15, 0.2) is 12.1 Å². The van der Waals surface area contributed by atoms with Gasteiger partial charge in [0.05, 0.1) is 13.7 Å². The van der Waals surface area contributed by atoms with E-state index >= 15 is 0 Å². The zero-order chi connectivity index (χ0) is 9.84. The molecule has 1 rings (SSSR count). The van der Waals surface area contributed by atoms with E-state index in [1.165, 1.54) is 19.2 Å². The molecule has 3 nitrogen and oxygen atoms in total. The average molecular weight is 206 g/mol. The minimum atomic E-state index is -0.503. The number of hydroxylamine groups is 1. The molecule has 13 heavy (non-hydrogen) atoms. The van der Waals surface area contributed by atoms with Crippen molar-refractivity contribution in [1.82, 2.24) is 5.48 Å². The van der Waals surface area contributed by atoms with E-state index < -0.39 is 5.82 Å². The molecule has 0 heterocycles. The molecule has 0 radical (unpaired) electrons. The van der Waals surface area contributed by atoms with Crippen molar-refractivity contribution in [1.29, 1.82) is 0 Å². The van der Waals surface area contributed by atoms with Crippen LogP contribution in [-0.2, 0) is 6.54 Å². The number of halogens is 2. The van der Waals surface area contributed by atoms with E-state index in [0.717, 1.165) is 0 Å². The van der Waals surface area contributed by atoms with E-state index in [9.17, 15) is 4.39 Å². The Kier molecular flexibility index (Phi) is 3.48. The zero-order valence-electron chi connectivity index (χ0n) is 6.97. The molecule has 0 aliphatic heterocycles. The molecule has 72 valence electrons. The molecular weight excluding hydrogens is 197 g/mol. The molecule has 1 aromatic carbocycles. The highest BCUT2D eigenvalue weighted by Gasteiger charge is 2.12. The van der Waals surface area contributed by atoms with Gasteiger partial charge in [-0.3, -0.25) is 0 Å². The SMILES string of the molecule is COc1c(F)ccc(Cl)c1CNO. The van der Waals surface area contributed by atoms with Crippen molar-refractivity contribution in [3.63, 3.8) is 0 Å². The lowest BCUT2D eigenvalue weighted by Crippen LogP contribution is -2.09. The fourth-order valence-electron chi connectivity index (χ4n) is 1.04. The molecule has 0 unspecified atom stereocenters. The van der Waals surface area contributed by atoms with Crippen LogP contribution < -0.4 is 10.2 Å². The van der Waals surface area contributed by atoms with Crippen LogP contribution in [0.5, 0.6) is 5.75 Å². The lowest BCUT2D eigenvalue weighted by Gasteiger charge is -2.09. The van der Waals surface area contributed by atoms with E-state index in [2.05, 4.69) is 0 Å². The van der Waals surface area contributed by atoms with Crippen LogP contribution >= 0.6 is 11.6 Å². The normalized spacial score (nSPS) is 10.2. The zero-order valence-corrected chi connectivity index (χ0v) is 7.73. The summed E-state index contributed by atoms with van der Waals surface area (Å²) < 4.78 is 17.9. The third kappa shape index (κ3) is 2.09. The summed E-state index contributed by atoms with van der Waals surface area (Å²) in [7, 11) is 1.34. The molecule has 0 aliphatic carbocycles. The molecule has 0 bridgehead atoms. The minimum Gasteiger partial charge on any atom is -0.493 e. The van der Waals surface area contributed by atoms with Gasteiger partial charge < -0.3 is 9.94 Å². The molecule has 2 N–H and O–H groups in total. The fourth-order valence-corrected chi connectivity index (χ4v) is 1.26. The molecule has 0 aromatic heterocycles. The van der Waals surface area contributed by atoms with Gasteiger partial charge in [-0.05, 0) is 12.1 Å². The Morgan fingerprint density at radius 1 is 1.62 bits per heavy atom. The van der Waals surface area contributed by atoms with Crippen LogP contribution in [0.4, 0.5) is 4.39 Å². The van der Waals surface area contributed by atoms with Crippen LogP contribution in [-0.4, -0.2) is 12.3 Å². The topological polar surface area (TPSA) is 41.5 Å². The Balaban J connectivity index is 3.18. The Morgan fingerprint density at radius 2 is 2.31 bits per heavy atom. The second kappa shape index (κ2) is 4.41. The maximum absolute atomic E-state index is 13.1. The van der Waals surface area contributed by atoms with E-state index in [1.54, 1.807) is 0 Å². The van der Waals surface area contributed by atoms with E-state index in [1.807, 2.05) is 5.48 Å². The first-order valence-electron chi connectivity index (χ1n) is 3.58. The van der Waals surface area contributed by atoms with Crippen molar-refractivity contribution in [2.45, 2.75) is 6.54 Å². The first-order valence-corrected chi connectivity index (χ1v) is 3.96. The molecule has 0 amide bonds. The van der Waals surface area contributed by atoms with Gasteiger partial charge in [0.1, 0.15) is 0 Å². The largest absolute Gasteiger partial charge is 0.493 e. The quantitative estimate of drug-likeness (QED) is 0.742. The van der Waals surface area contributed by atoms with Crippen molar-refractivity contribution in [3.8, 4) is 5.75 Å². The molecule has 0 atom stereocenters. The third-order valence-electron chi connectivity index (χ3n) is 1.62. The maximum atomic E-state index is 13.1. The Morgan fingerprint density at radius 3 is 2.85 bits per heavy atom. The summed E-state index contributed by atoms with van der Waals surface area (Å²) in [6, 6.07) is 2.62. The summed E-state index contributed by atoms with van der Waals surface area (Å²) in [5.41, 5.74) is 2.29. The van der Waals surface area contributed by atoms with Crippen molar-refractivity contribution in [2.24, 2.45) is 0 Å². The fraction of sp³-hybridized carbons (Fsp3) is 0.250. The highest BCUT2D eigenvalue weighted by molar-refractivity contribution is 6.31. The van der Waals surface area contributed by atoms with E-state index in [0.29, 0.717) is 10.6 Å². The van der Waals surface area contributed by atoms with Crippen LogP contribution in [0.1, 0.15) is 5.56 Å². The first-order chi connectivity index (χ1) is 6.20. The van der Waals surface area contributed by atoms with Gasteiger partial charge in [-0.1, -0.05) is 11.6 Å². The smallest absolute Gasteiger partial charge is 0.165 e. The maximum Gasteiger partial charge on any atom is 0.165 e. The summed E-state index contributed by atoms with van der Waals surface area (Å²) >= 11 is 5.76. The second-order valence-electron chi connectivity index (χ2n) is 2.38. The Labute approximate surface area is 80.0 Å². The molecule has 0 fully saturated rings. The van der Waals surface area contributed by atoms with Gasteiger partial charge in [-0.2, -0.15) is 0 Å². The van der Waals surface area contributed by atoms with E-state index in [4.69, 9.17) is 21.5 Å². The Bertz CT molecular complexity index is 306. The lowest BCUT2D eigenvalue weighted by molar-refractivity contribution is 0.160. The molecule has 0 aliphatic rings. The van der Waals surface area contributed by atoms with Gasteiger partial charge in [0.25, 0.3) is 0 Å². The minimum absolute atomic E-state index is 0.0414. The van der Waals surface area contributed by atoms with Crippen molar-refractivity contribution >= 4 is 11.6 Å². The molecular formula is C8H9ClFNO2. The van der Waals surface area contributed by atoms with Gasteiger partial charge in [0.2, 0.25) is 0 Å². The van der Waals surface area contributed by atoms with Crippen molar-refractivity contribution in [3.05, 3.63) is 28.5 Å². The number of hydrogen-bond donors (Lipinski definition) is 2. The first kappa shape index (κ1) is 10.2. The summed E-state index contributed by atoms with van der Waals surface area (Å²) in [6.07, 6.45) is 0. The highest BCUT2D eigenvalue weighted by atomic mass is 35.5. The predicted molar refractivity (Wildman–Crippen MR) is 46.6 cm³/mol. The number of hydrogen-bond acceptors (Lipinski definition) is 3. The molecule has 5 heteroatoms. The third-order valence-corrected chi connectivity index (χ3v) is 1.97. The molecule has 0 saturated heterocycles. The van der Waals surface area contributed by atoms with E-state index in [-0.39, 0.29) is 12.3 Å². The standard InChI is InChI=1S/C8H9ClFNO2/c1-13-8-5(4-11-12)6(9)2-3-7(8)10/h2-3,11-12H,4H2,1H3. The lowest BCUT2D eigenvalue weighted by atomic mass is 10.2. The second-order valence-corrected chi connectivity index (χ2v) is 2.78. The Hall–Kier alpha value is -0.840. The predicted octanol–water partition coefficient (Wildman–Crippen LogP) is 1.97. The average Bonchev–Trinajstić information content (AvgIpc) is 2.12. The van der Waals surface area contributed by atoms with Crippen LogP contribution in [0.3, 0.4) is 0 Å². The number of nitrogens with one attached hydrogen (secondary N) is 1. The number of benzene rings is 1. The summed E-state index contributed by atoms with van der Waals surface area (Å²) in [5, 5.41) is 8.82. The summed E-state index contributed by atoms with van der Waals surface area (Å²) in [5.74, 6) is -0.453. The van der Waals surface area contributed by atoms with Gasteiger partial charge in [0, 0.05) is 10.6 Å². The molecule has 1 aromatic rings. The van der Waals surface area contributed by atoms with Crippen LogP contribution in [0, 0.1) is 5.82 Å². The van der Waals surface area contributed by atoms with Gasteiger partial charge >= 0.3 is 0 Å². The number of rotatable bonds is 3. The molecule has 0 spiro atoms.